The molecule has 15 heavy (non-hydrogen) atoms. The Bertz CT molecular complexity index is 189. The monoisotopic (exact) mass is 214 g/mol. The van der Waals surface area contributed by atoms with Gasteiger partial charge in [0.25, 0.3) is 0 Å². The lowest BCUT2D eigenvalue weighted by Crippen LogP contribution is -2.44. The van der Waals surface area contributed by atoms with Crippen LogP contribution in [-0.4, -0.2) is 50.2 Å². The number of carbonyl (C=O) groups is 1. The summed E-state index contributed by atoms with van der Waals surface area (Å²) in [6.45, 7) is 5.72. The molecule has 1 heterocycles. The number of amides is 1. The van der Waals surface area contributed by atoms with E-state index in [0.29, 0.717) is 6.04 Å². The van der Waals surface area contributed by atoms with E-state index in [0.717, 1.165) is 45.5 Å². The van der Waals surface area contributed by atoms with Gasteiger partial charge >= 0.3 is 0 Å². The standard InChI is InChI=1S/C11H22N2O2/c1-10(14)12-11-4-7-13(8-5-11)6-3-9-15-2/h11H,3-9H2,1-2H3,(H,12,14). The van der Waals surface area contributed by atoms with Gasteiger partial charge in [-0.15, -0.1) is 0 Å². The zero-order valence-corrected chi connectivity index (χ0v) is 9.79. The molecule has 1 saturated heterocycles. The number of rotatable bonds is 5. The third-order valence-corrected chi connectivity index (χ3v) is 2.82. The summed E-state index contributed by atoms with van der Waals surface area (Å²) in [4.78, 5) is 13.3. The molecule has 0 aliphatic carbocycles. The molecule has 1 aliphatic heterocycles. The number of carbonyl (C=O) groups excluding carboxylic acids is 1. The van der Waals surface area contributed by atoms with Crippen LogP contribution in [-0.2, 0) is 9.53 Å². The number of nitrogens with one attached hydrogen (secondary N) is 1. The highest BCUT2D eigenvalue weighted by Gasteiger charge is 2.18. The molecule has 1 rings (SSSR count). The molecular formula is C11H22N2O2. The van der Waals surface area contributed by atoms with Gasteiger partial charge in [0.2, 0.25) is 5.91 Å². The van der Waals surface area contributed by atoms with Crippen molar-refractivity contribution in [2.75, 3.05) is 33.4 Å². The van der Waals surface area contributed by atoms with Crippen LogP contribution >= 0.6 is 0 Å². The highest BCUT2D eigenvalue weighted by atomic mass is 16.5. The van der Waals surface area contributed by atoms with Gasteiger partial charge < -0.3 is 15.0 Å². The molecule has 1 amide bonds. The molecule has 0 aromatic carbocycles. The van der Waals surface area contributed by atoms with Crippen LogP contribution in [0.15, 0.2) is 0 Å². The summed E-state index contributed by atoms with van der Waals surface area (Å²) in [5.41, 5.74) is 0. The van der Waals surface area contributed by atoms with E-state index >= 15 is 0 Å². The van der Waals surface area contributed by atoms with Crippen molar-refractivity contribution in [3.63, 3.8) is 0 Å². The highest BCUT2D eigenvalue weighted by molar-refractivity contribution is 5.73. The van der Waals surface area contributed by atoms with E-state index in [4.69, 9.17) is 4.74 Å². The average molecular weight is 214 g/mol. The fourth-order valence-corrected chi connectivity index (χ4v) is 2.02. The van der Waals surface area contributed by atoms with Crippen molar-refractivity contribution in [1.82, 2.24) is 10.2 Å². The average Bonchev–Trinajstić information content (AvgIpc) is 2.20. The minimum atomic E-state index is 0.0906. The Morgan fingerprint density at radius 2 is 2.13 bits per heavy atom. The van der Waals surface area contributed by atoms with E-state index in [9.17, 15) is 4.79 Å². The maximum absolute atomic E-state index is 10.9. The SMILES string of the molecule is COCCCN1CCC(NC(C)=O)CC1. The van der Waals surface area contributed by atoms with E-state index in [1.807, 2.05) is 0 Å². The van der Waals surface area contributed by atoms with E-state index in [2.05, 4.69) is 10.2 Å². The second kappa shape index (κ2) is 6.80. The lowest BCUT2D eigenvalue weighted by Gasteiger charge is -2.32. The Morgan fingerprint density at radius 3 is 2.67 bits per heavy atom. The fraction of sp³-hybridized carbons (Fsp3) is 0.909. The summed E-state index contributed by atoms with van der Waals surface area (Å²) in [6, 6.07) is 0.390. The first-order valence-corrected chi connectivity index (χ1v) is 5.70. The zero-order chi connectivity index (χ0) is 11.1. The number of hydrogen-bond acceptors (Lipinski definition) is 3. The predicted molar refractivity (Wildman–Crippen MR) is 59.8 cm³/mol. The summed E-state index contributed by atoms with van der Waals surface area (Å²) in [7, 11) is 1.74. The lowest BCUT2D eigenvalue weighted by atomic mass is 10.0. The summed E-state index contributed by atoms with van der Waals surface area (Å²) < 4.78 is 5.02. The zero-order valence-electron chi connectivity index (χ0n) is 9.79. The molecule has 1 fully saturated rings. The molecule has 4 heteroatoms. The summed E-state index contributed by atoms with van der Waals surface area (Å²) in [5, 5.41) is 2.98. The second-order valence-electron chi connectivity index (χ2n) is 4.16. The van der Waals surface area contributed by atoms with Gasteiger partial charge in [0.05, 0.1) is 0 Å². The maximum Gasteiger partial charge on any atom is 0.217 e. The Labute approximate surface area is 92.0 Å². The minimum Gasteiger partial charge on any atom is -0.385 e. The highest BCUT2D eigenvalue weighted by Crippen LogP contribution is 2.10. The number of methoxy groups -OCH3 is 1. The van der Waals surface area contributed by atoms with Gasteiger partial charge in [0.15, 0.2) is 0 Å². The van der Waals surface area contributed by atoms with Crippen LogP contribution in [0, 0.1) is 0 Å². The quantitative estimate of drug-likeness (QED) is 0.682. The normalized spacial score (nSPS) is 19.1. The third-order valence-electron chi connectivity index (χ3n) is 2.82. The fourth-order valence-electron chi connectivity index (χ4n) is 2.02. The van der Waals surface area contributed by atoms with Crippen molar-refractivity contribution in [3.05, 3.63) is 0 Å². The van der Waals surface area contributed by atoms with Crippen molar-refractivity contribution in [3.8, 4) is 0 Å². The Balaban J connectivity index is 2.10. The smallest absolute Gasteiger partial charge is 0.217 e. The molecule has 0 bridgehead atoms. The van der Waals surface area contributed by atoms with E-state index in [-0.39, 0.29) is 5.91 Å². The first-order valence-electron chi connectivity index (χ1n) is 5.70. The molecule has 0 unspecified atom stereocenters. The molecule has 0 spiro atoms. The van der Waals surface area contributed by atoms with Gasteiger partial charge in [-0.1, -0.05) is 0 Å². The van der Waals surface area contributed by atoms with Crippen LogP contribution in [0.25, 0.3) is 0 Å². The van der Waals surface area contributed by atoms with Crippen LogP contribution in [0.1, 0.15) is 26.2 Å². The molecular weight excluding hydrogens is 192 g/mol. The van der Waals surface area contributed by atoms with Crippen LogP contribution in [0.2, 0.25) is 0 Å². The molecule has 1 aliphatic rings. The Morgan fingerprint density at radius 1 is 1.47 bits per heavy atom. The van der Waals surface area contributed by atoms with Gasteiger partial charge in [-0.05, 0) is 19.3 Å². The van der Waals surface area contributed by atoms with Gasteiger partial charge in [0.1, 0.15) is 0 Å². The van der Waals surface area contributed by atoms with E-state index in [1.165, 1.54) is 0 Å². The van der Waals surface area contributed by atoms with Crippen LogP contribution in [0.5, 0.6) is 0 Å². The van der Waals surface area contributed by atoms with Crippen molar-refractivity contribution < 1.29 is 9.53 Å². The van der Waals surface area contributed by atoms with Crippen molar-refractivity contribution >= 4 is 5.91 Å². The number of nitrogens with zero attached hydrogens (tertiary/aromatic N) is 1. The van der Waals surface area contributed by atoms with Crippen molar-refractivity contribution in [2.45, 2.75) is 32.2 Å². The van der Waals surface area contributed by atoms with Gasteiger partial charge in [-0.25, -0.2) is 0 Å². The van der Waals surface area contributed by atoms with E-state index in [1.54, 1.807) is 14.0 Å². The van der Waals surface area contributed by atoms with Crippen LogP contribution < -0.4 is 5.32 Å². The molecule has 0 saturated carbocycles. The lowest BCUT2D eigenvalue weighted by molar-refractivity contribution is -0.119. The molecule has 4 nitrogen and oxygen atoms in total. The van der Waals surface area contributed by atoms with Gasteiger partial charge in [-0.2, -0.15) is 0 Å². The van der Waals surface area contributed by atoms with E-state index < -0.39 is 0 Å². The molecule has 1 N–H and O–H groups in total. The van der Waals surface area contributed by atoms with Crippen LogP contribution in [0.3, 0.4) is 0 Å². The van der Waals surface area contributed by atoms with Crippen molar-refractivity contribution in [2.24, 2.45) is 0 Å². The summed E-state index contributed by atoms with van der Waals surface area (Å²) >= 11 is 0. The number of ether oxygens (including phenoxy) is 1. The Kier molecular flexibility index (Phi) is 5.65. The summed E-state index contributed by atoms with van der Waals surface area (Å²) in [6.07, 6.45) is 3.25. The first kappa shape index (κ1) is 12.5. The number of piperidine rings is 1. The van der Waals surface area contributed by atoms with Crippen LogP contribution in [0.4, 0.5) is 0 Å². The first-order chi connectivity index (χ1) is 7.22. The molecule has 0 aromatic rings. The number of hydrogen-bond donors (Lipinski definition) is 1. The molecule has 0 atom stereocenters. The minimum absolute atomic E-state index is 0.0906. The second-order valence-corrected chi connectivity index (χ2v) is 4.16. The molecule has 0 aromatic heterocycles. The molecule has 0 radical (unpaired) electrons. The maximum atomic E-state index is 10.9. The number of likely N-dealkylation sites (tertiary alicyclic amines) is 1. The Hall–Kier alpha value is -0.610. The summed E-state index contributed by atoms with van der Waals surface area (Å²) in [5.74, 6) is 0.0906. The topological polar surface area (TPSA) is 41.6 Å². The molecule has 88 valence electrons. The largest absolute Gasteiger partial charge is 0.385 e. The van der Waals surface area contributed by atoms with Crippen molar-refractivity contribution in [1.29, 1.82) is 0 Å². The predicted octanol–water partition coefficient (Wildman–Crippen LogP) is 0.623. The van der Waals surface area contributed by atoms with Gasteiger partial charge in [0, 0.05) is 46.3 Å². The third kappa shape index (κ3) is 5.14. The van der Waals surface area contributed by atoms with Gasteiger partial charge in [-0.3, -0.25) is 4.79 Å².